The van der Waals surface area contributed by atoms with Gasteiger partial charge in [-0.25, -0.2) is 4.98 Å². The van der Waals surface area contributed by atoms with E-state index < -0.39 is 0 Å². The lowest BCUT2D eigenvalue weighted by Gasteiger charge is -2.13. The zero-order valence-electron chi connectivity index (χ0n) is 16.8. The highest BCUT2D eigenvalue weighted by Gasteiger charge is 2.12. The first kappa shape index (κ1) is 19.5. The van der Waals surface area contributed by atoms with Crippen LogP contribution in [0.3, 0.4) is 0 Å². The molecule has 148 valence electrons. The zero-order chi connectivity index (χ0) is 20.2. The van der Waals surface area contributed by atoms with Gasteiger partial charge in [0.05, 0.1) is 11.0 Å². The van der Waals surface area contributed by atoms with E-state index in [1.165, 1.54) is 11.1 Å². The van der Waals surface area contributed by atoms with Gasteiger partial charge in [-0.05, 0) is 59.9 Å². The standard InChI is InChI=1S/C25H25ClN2O/c1-3-18(2)20-10-8-19(9-11-20)16-28-24-7-5-4-6-23(24)27-25(28)17-29-22-14-12-21(26)13-15-22/h4-15,18H,3,16-17H2,1-2H3/t18-/m0/s1. The summed E-state index contributed by atoms with van der Waals surface area (Å²) in [6.45, 7) is 5.66. The predicted octanol–water partition coefficient (Wildman–Crippen LogP) is 6.83. The summed E-state index contributed by atoms with van der Waals surface area (Å²) >= 11 is 5.97. The van der Waals surface area contributed by atoms with E-state index in [2.05, 4.69) is 54.8 Å². The van der Waals surface area contributed by atoms with E-state index in [0.29, 0.717) is 17.5 Å². The van der Waals surface area contributed by atoms with Crippen LogP contribution in [0.4, 0.5) is 0 Å². The molecule has 0 bridgehead atoms. The van der Waals surface area contributed by atoms with Gasteiger partial charge < -0.3 is 9.30 Å². The fourth-order valence-corrected chi connectivity index (χ4v) is 3.59. The van der Waals surface area contributed by atoms with E-state index in [1.807, 2.05) is 36.4 Å². The second kappa shape index (κ2) is 8.71. The Morgan fingerprint density at radius 1 is 0.966 bits per heavy atom. The quantitative estimate of drug-likeness (QED) is 0.337. The third-order valence-electron chi connectivity index (χ3n) is 5.42. The van der Waals surface area contributed by atoms with E-state index in [-0.39, 0.29) is 0 Å². The first-order valence-electron chi connectivity index (χ1n) is 10.1. The number of rotatable bonds is 7. The van der Waals surface area contributed by atoms with Crippen LogP contribution in [-0.2, 0) is 13.2 Å². The van der Waals surface area contributed by atoms with Crippen LogP contribution in [-0.4, -0.2) is 9.55 Å². The summed E-state index contributed by atoms with van der Waals surface area (Å²) < 4.78 is 8.22. The van der Waals surface area contributed by atoms with E-state index in [9.17, 15) is 0 Å². The third-order valence-corrected chi connectivity index (χ3v) is 5.67. The zero-order valence-corrected chi connectivity index (χ0v) is 17.6. The Bertz CT molecular complexity index is 1080. The molecule has 3 aromatic carbocycles. The molecule has 0 fully saturated rings. The van der Waals surface area contributed by atoms with Crippen LogP contribution in [0.1, 0.15) is 43.1 Å². The van der Waals surface area contributed by atoms with Crippen molar-refractivity contribution in [3.05, 3.63) is 94.8 Å². The molecule has 0 radical (unpaired) electrons. The van der Waals surface area contributed by atoms with Crippen LogP contribution in [0, 0.1) is 0 Å². The number of imidazole rings is 1. The molecule has 4 heteroatoms. The van der Waals surface area contributed by atoms with E-state index >= 15 is 0 Å². The molecule has 1 heterocycles. The minimum atomic E-state index is 0.404. The van der Waals surface area contributed by atoms with Crippen molar-refractivity contribution >= 4 is 22.6 Å². The van der Waals surface area contributed by atoms with Crippen molar-refractivity contribution in [2.45, 2.75) is 39.3 Å². The molecule has 0 saturated heterocycles. The molecule has 3 nitrogen and oxygen atoms in total. The van der Waals surface area contributed by atoms with Crippen molar-refractivity contribution < 1.29 is 4.74 Å². The van der Waals surface area contributed by atoms with Crippen molar-refractivity contribution in [3.8, 4) is 5.75 Å². The number of hydrogen-bond donors (Lipinski definition) is 0. The maximum atomic E-state index is 5.98. The summed E-state index contributed by atoms with van der Waals surface area (Å²) in [6, 6.07) is 24.6. The molecule has 29 heavy (non-hydrogen) atoms. The van der Waals surface area contributed by atoms with Gasteiger partial charge in [0.2, 0.25) is 0 Å². The molecule has 4 rings (SSSR count). The summed E-state index contributed by atoms with van der Waals surface area (Å²) in [5.41, 5.74) is 4.75. The first-order valence-corrected chi connectivity index (χ1v) is 10.4. The van der Waals surface area contributed by atoms with E-state index in [4.69, 9.17) is 21.3 Å². The lowest BCUT2D eigenvalue weighted by Crippen LogP contribution is -2.08. The summed E-state index contributed by atoms with van der Waals surface area (Å²) in [4.78, 5) is 4.81. The number of aromatic nitrogens is 2. The smallest absolute Gasteiger partial charge is 0.148 e. The summed E-state index contributed by atoms with van der Waals surface area (Å²) in [6.07, 6.45) is 1.15. The molecule has 0 N–H and O–H groups in total. The Labute approximate surface area is 176 Å². The molecular weight excluding hydrogens is 380 g/mol. The first-order chi connectivity index (χ1) is 14.1. The number of ether oxygens (including phenoxy) is 1. The monoisotopic (exact) mass is 404 g/mol. The van der Waals surface area contributed by atoms with Crippen molar-refractivity contribution in [1.82, 2.24) is 9.55 Å². The van der Waals surface area contributed by atoms with Gasteiger partial charge in [0.15, 0.2) is 0 Å². The summed E-state index contributed by atoms with van der Waals surface area (Å²) in [5.74, 6) is 2.28. The highest BCUT2D eigenvalue weighted by molar-refractivity contribution is 6.30. The summed E-state index contributed by atoms with van der Waals surface area (Å²) in [5, 5.41) is 0.699. The van der Waals surface area contributed by atoms with Crippen LogP contribution >= 0.6 is 11.6 Å². The Hall–Kier alpha value is -2.78. The predicted molar refractivity (Wildman–Crippen MR) is 120 cm³/mol. The maximum Gasteiger partial charge on any atom is 0.148 e. The fraction of sp³-hybridized carbons (Fsp3) is 0.240. The van der Waals surface area contributed by atoms with Crippen molar-refractivity contribution in [3.63, 3.8) is 0 Å². The van der Waals surface area contributed by atoms with Gasteiger partial charge in [-0.15, -0.1) is 0 Å². The molecule has 1 aromatic heterocycles. The minimum absolute atomic E-state index is 0.404. The second-order valence-electron chi connectivity index (χ2n) is 7.40. The lowest BCUT2D eigenvalue weighted by atomic mass is 9.98. The molecule has 4 aromatic rings. The number of benzene rings is 3. The topological polar surface area (TPSA) is 27.1 Å². The maximum absolute atomic E-state index is 5.98. The van der Waals surface area contributed by atoms with Gasteiger partial charge in [0, 0.05) is 11.6 Å². The SMILES string of the molecule is CC[C@H](C)c1ccc(Cn2c(COc3ccc(Cl)cc3)nc3ccccc32)cc1. The van der Waals surface area contributed by atoms with Crippen molar-refractivity contribution in [1.29, 1.82) is 0 Å². The van der Waals surface area contributed by atoms with E-state index in [0.717, 1.165) is 35.6 Å². The lowest BCUT2D eigenvalue weighted by molar-refractivity contribution is 0.291. The molecule has 0 aliphatic rings. The highest BCUT2D eigenvalue weighted by Crippen LogP contribution is 2.23. The minimum Gasteiger partial charge on any atom is -0.486 e. The van der Waals surface area contributed by atoms with Gasteiger partial charge >= 0.3 is 0 Å². The van der Waals surface area contributed by atoms with Crippen molar-refractivity contribution in [2.24, 2.45) is 0 Å². The number of hydrogen-bond acceptors (Lipinski definition) is 2. The van der Waals surface area contributed by atoms with Crippen LogP contribution in [0.15, 0.2) is 72.8 Å². The molecule has 0 spiro atoms. The normalized spacial score (nSPS) is 12.2. The van der Waals surface area contributed by atoms with Crippen molar-refractivity contribution in [2.75, 3.05) is 0 Å². The number of fused-ring (bicyclic) bond motifs is 1. The van der Waals surface area contributed by atoms with Crippen LogP contribution < -0.4 is 4.74 Å². The number of nitrogens with zero attached hydrogens (tertiary/aromatic N) is 2. The number of para-hydroxylation sites is 2. The Balaban J connectivity index is 1.60. The Morgan fingerprint density at radius 2 is 1.69 bits per heavy atom. The van der Waals surface area contributed by atoms with Gasteiger partial charge in [0.1, 0.15) is 18.2 Å². The molecule has 1 atom stereocenters. The third kappa shape index (κ3) is 4.46. The molecule has 0 aliphatic carbocycles. The van der Waals surface area contributed by atoms with Gasteiger partial charge in [-0.1, -0.05) is 61.8 Å². The summed E-state index contributed by atoms with van der Waals surface area (Å²) in [7, 11) is 0. The fourth-order valence-electron chi connectivity index (χ4n) is 3.46. The average molecular weight is 405 g/mol. The Kier molecular flexibility index (Phi) is 5.86. The van der Waals surface area contributed by atoms with Gasteiger partial charge in [-0.2, -0.15) is 0 Å². The van der Waals surface area contributed by atoms with Crippen LogP contribution in [0.25, 0.3) is 11.0 Å². The molecule has 0 aliphatic heterocycles. The Morgan fingerprint density at radius 3 is 2.41 bits per heavy atom. The highest BCUT2D eigenvalue weighted by atomic mass is 35.5. The van der Waals surface area contributed by atoms with Crippen LogP contribution in [0.5, 0.6) is 5.75 Å². The van der Waals surface area contributed by atoms with Gasteiger partial charge in [0.25, 0.3) is 0 Å². The molecule has 0 saturated carbocycles. The average Bonchev–Trinajstić information content (AvgIpc) is 3.11. The number of halogens is 1. The van der Waals surface area contributed by atoms with Gasteiger partial charge in [-0.3, -0.25) is 0 Å². The van der Waals surface area contributed by atoms with E-state index in [1.54, 1.807) is 0 Å². The molecular formula is C25H25ClN2O. The largest absolute Gasteiger partial charge is 0.486 e. The molecule has 0 unspecified atom stereocenters. The second-order valence-corrected chi connectivity index (χ2v) is 7.83. The molecule has 0 amide bonds. The van der Waals surface area contributed by atoms with Crippen LogP contribution in [0.2, 0.25) is 5.02 Å².